The second-order valence-electron chi connectivity index (χ2n) is 6.36. The summed E-state index contributed by atoms with van der Waals surface area (Å²) in [5.74, 6) is 0. The quantitative estimate of drug-likeness (QED) is 0.560. The number of halogens is 1. The van der Waals surface area contributed by atoms with E-state index in [-0.39, 0.29) is 0 Å². The average molecular weight is 366 g/mol. The van der Waals surface area contributed by atoms with E-state index in [9.17, 15) is 0 Å². The van der Waals surface area contributed by atoms with E-state index in [2.05, 4.69) is 39.1 Å². The van der Waals surface area contributed by atoms with Crippen molar-refractivity contribution < 1.29 is 0 Å². The van der Waals surface area contributed by atoms with E-state index in [0.29, 0.717) is 0 Å². The predicted molar refractivity (Wildman–Crippen MR) is 107 cm³/mol. The largest absolute Gasteiger partial charge is 0.302 e. The molecule has 2 aromatic heterocycles. The topological polar surface area (TPSA) is 29.0 Å². The van der Waals surface area contributed by atoms with Gasteiger partial charge < -0.3 is 4.90 Å². The Morgan fingerprint density at radius 1 is 0.654 bits per heavy atom. The molecule has 0 spiro atoms. The molecule has 26 heavy (non-hydrogen) atoms. The normalized spacial score (nSPS) is 11.0. The number of benzene rings is 1. The van der Waals surface area contributed by atoms with Crippen molar-refractivity contribution in [2.75, 3.05) is 19.6 Å². The standard InChI is InChI=1S/C22H24ClN3/c23-20-9-7-19(8-10-20)11-16-26(17-12-21-5-1-3-14-24-21)18-13-22-6-2-4-15-25-22/h1-10,14-15H,11-13,16-18H2. The predicted octanol–water partition coefficient (Wildman–Crippen LogP) is 4.46. The second-order valence-corrected chi connectivity index (χ2v) is 6.80. The first-order chi connectivity index (χ1) is 12.8. The van der Waals surface area contributed by atoms with Crippen LogP contribution < -0.4 is 0 Å². The fraction of sp³-hybridized carbons (Fsp3) is 0.273. The minimum Gasteiger partial charge on any atom is -0.302 e. The van der Waals surface area contributed by atoms with Gasteiger partial charge >= 0.3 is 0 Å². The maximum absolute atomic E-state index is 5.99. The van der Waals surface area contributed by atoms with E-state index >= 15 is 0 Å². The summed E-state index contributed by atoms with van der Waals surface area (Å²) in [5.41, 5.74) is 3.60. The van der Waals surface area contributed by atoms with Gasteiger partial charge in [0.25, 0.3) is 0 Å². The third kappa shape index (κ3) is 6.25. The van der Waals surface area contributed by atoms with Crippen molar-refractivity contribution in [1.29, 1.82) is 0 Å². The maximum atomic E-state index is 5.99. The number of pyridine rings is 2. The highest BCUT2D eigenvalue weighted by Crippen LogP contribution is 2.11. The molecular weight excluding hydrogens is 342 g/mol. The van der Waals surface area contributed by atoms with Crippen LogP contribution >= 0.6 is 11.6 Å². The lowest BCUT2D eigenvalue weighted by atomic mass is 10.1. The van der Waals surface area contributed by atoms with Crippen LogP contribution in [-0.4, -0.2) is 34.5 Å². The SMILES string of the molecule is Clc1ccc(CCN(CCc2ccccn2)CCc2ccccn2)cc1. The highest BCUT2D eigenvalue weighted by Gasteiger charge is 2.07. The number of nitrogens with zero attached hydrogens (tertiary/aromatic N) is 3. The van der Waals surface area contributed by atoms with Crippen LogP contribution in [0.25, 0.3) is 0 Å². The molecule has 0 aliphatic rings. The molecule has 0 saturated carbocycles. The maximum Gasteiger partial charge on any atom is 0.0416 e. The van der Waals surface area contributed by atoms with Crippen LogP contribution in [0.15, 0.2) is 73.1 Å². The lowest BCUT2D eigenvalue weighted by Crippen LogP contribution is -2.31. The van der Waals surface area contributed by atoms with Gasteiger partial charge in [-0.25, -0.2) is 0 Å². The van der Waals surface area contributed by atoms with Crippen molar-refractivity contribution in [3.8, 4) is 0 Å². The molecule has 0 aliphatic heterocycles. The smallest absolute Gasteiger partial charge is 0.0416 e. The molecule has 0 amide bonds. The van der Waals surface area contributed by atoms with Gasteiger partial charge in [-0.05, 0) is 48.4 Å². The van der Waals surface area contributed by atoms with Crippen LogP contribution in [0.3, 0.4) is 0 Å². The zero-order chi connectivity index (χ0) is 18.0. The molecule has 2 heterocycles. The number of hydrogen-bond acceptors (Lipinski definition) is 3. The monoisotopic (exact) mass is 365 g/mol. The molecule has 0 saturated heterocycles. The van der Waals surface area contributed by atoms with Gasteiger partial charge in [-0.1, -0.05) is 35.9 Å². The lowest BCUT2D eigenvalue weighted by molar-refractivity contribution is 0.282. The van der Waals surface area contributed by atoms with Gasteiger partial charge in [0.2, 0.25) is 0 Å². The van der Waals surface area contributed by atoms with Crippen molar-refractivity contribution in [3.05, 3.63) is 95.0 Å². The van der Waals surface area contributed by atoms with Crippen LogP contribution in [0.4, 0.5) is 0 Å². The minimum absolute atomic E-state index is 0.788. The van der Waals surface area contributed by atoms with Crippen molar-refractivity contribution in [2.24, 2.45) is 0 Å². The Kier molecular flexibility index (Phi) is 7.17. The molecule has 0 N–H and O–H groups in total. The van der Waals surface area contributed by atoms with Crippen LogP contribution in [-0.2, 0) is 19.3 Å². The Hall–Kier alpha value is -2.23. The molecule has 0 bridgehead atoms. The van der Waals surface area contributed by atoms with Gasteiger partial charge in [0.05, 0.1) is 0 Å². The number of hydrogen-bond donors (Lipinski definition) is 0. The molecule has 134 valence electrons. The summed E-state index contributed by atoms with van der Waals surface area (Å²) in [6.07, 6.45) is 6.66. The zero-order valence-corrected chi connectivity index (χ0v) is 15.6. The van der Waals surface area contributed by atoms with Crippen molar-refractivity contribution in [1.82, 2.24) is 14.9 Å². The van der Waals surface area contributed by atoms with E-state index in [1.54, 1.807) is 0 Å². The van der Waals surface area contributed by atoms with Crippen molar-refractivity contribution in [3.63, 3.8) is 0 Å². The Labute approximate surface area is 160 Å². The van der Waals surface area contributed by atoms with E-state index in [4.69, 9.17) is 11.6 Å². The molecule has 3 nitrogen and oxygen atoms in total. The minimum atomic E-state index is 0.788. The Balaban J connectivity index is 1.57. The van der Waals surface area contributed by atoms with Crippen molar-refractivity contribution >= 4 is 11.6 Å². The zero-order valence-electron chi connectivity index (χ0n) is 14.9. The lowest BCUT2D eigenvalue weighted by Gasteiger charge is -2.22. The van der Waals surface area contributed by atoms with Crippen molar-refractivity contribution in [2.45, 2.75) is 19.3 Å². The molecule has 3 rings (SSSR count). The van der Waals surface area contributed by atoms with E-state index in [1.165, 1.54) is 5.56 Å². The summed E-state index contributed by atoms with van der Waals surface area (Å²) in [6.45, 7) is 3.01. The average Bonchev–Trinajstić information content (AvgIpc) is 2.70. The molecule has 0 aliphatic carbocycles. The van der Waals surface area contributed by atoms with Gasteiger partial charge in [-0.2, -0.15) is 0 Å². The van der Waals surface area contributed by atoms with Gasteiger partial charge in [-0.3, -0.25) is 9.97 Å². The molecule has 0 unspecified atom stereocenters. The molecule has 0 atom stereocenters. The van der Waals surface area contributed by atoms with E-state index in [1.807, 2.05) is 48.8 Å². The van der Waals surface area contributed by atoms with Gasteiger partial charge in [0.15, 0.2) is 0 Å². The summed E-state index contributed by atoms with van der Waals surface area (Å²) in [5, 5.41) is 0.788. The van der Waals surface area contributed by atoms with Gasteiger partial charge in [0.1, 0.15) is 0 Å². The summed E-state index contributed by atoms with van der Waals surface area (Å²) in [4.78, 5) is 11.4. The van der Waals surface area contributed by atoms with E-state index in [0.717, 1.165) is 55.3 Å². The molecule has 3 aromatic rings. The summed E-state index contributed by atoms with van der Waals surface area (Å²) < 4.78 is 0. The molecule has 0 radical (unpaired) electrons. The fourth-order valence-electron chi connectivity index (χ4n) is 2.91. The van der Waals surface area contributed by atoms with Gasteiger partial charge in [0, 0.05) is 61.3 Å². The summed E-state index contributed by atoms with van der Waals surface area (Å²) in [6, 6.07) is 20.3. The number of aromatic nitrogens is 2. The second kappa shape index (κ2) is 10.0. The Bertz CT molecular complexity index is 717. The molecule has 1 aromatic carbocycles. The molecule has 0 fully saturated rings. The molecule has 4 heteroatoms. The van der Waals surface area contributed by atoms with Crippen LogP contribution in [0.1, 0.15) is 17.0 Å². The van der Waals surface area contributed by atoms with Crippen LogP contribution in [0.2, 0.25) is 5.02 Å². The first-order valence-electron chi connectivity index (χ1n) is 9.06. The highest BCUT2D eigenvalue weighted by molar-refractivity contribution is 6.30. The number of rotatable bonds is 9. The first kappa shape index (κ1) is 18.6. The first-order valence-corrected chi connectivity index (χ1v) is 9.44. The molecular formula is C22H24ClN3. The van der Waals surface area contributed by atoms with Crippen LogP contribution in [0.5, 0.6) is 0 Å². The Morgan fingerprint density at radius 3 is 1.69 bits per heavy atom. The third-order valence-corrected chi connectivity index (χ3v) is 4.70. The highest BCUT2D eigenvalue weighted by atomic mass is 35.5. The summed E-state index contributed by atoms with van der Waals surface area (Å²) in [7, 11) is 0. The van der Waals surface area contributed by atoms with Gasteiger partial charge in [-0.15, -0.1) is 0 Å². The fourth-order valence-corrected chi connectivity index (χ4v) is 3.04. The summed E-state index contributed by atoms with van der Waals surface area (Å²) >= 11 is 5.99. The van der Waals surface area contributed by atoms with E-state index < -0.39 is 0 Å². The third-order valence-electron chi connectivity index (χ3n) is 4.45. The Morgan fingerprint density at radius 2 is 1.19 bits per heavy atom. The van der Waals surface area contributed by atoms with Crippen LogP contribution in [0, 0.1) is 0 Å².